The first-order valence-electron chi connectivity index (χ1n) is 6.56. The summed E-state index contributed by atoms with van der Waals surface area (Å²) in [4.78, 5) is 0. The molecular formula is C14H15N3O2. The minimum absolute atomic E-state index is 0.300. The van der Waals surface area contributed by atoms with Crippen molar-refractivity contribution >= 4 is 0 Å². The molecule has 0 bridgehead atoms. The average Bonchev–Trinajstić information content (AvgIpc) is 2.96. The number of nitrogens with zero attached hydrogens (tertiary/aromatic N) is 2. The highest BCUT2D eigenvalue weighted by molar-refractivity contribution is 5.49. The Labute approximate surface area is 111 Å². The number of aromatic nitrogens is 2. The summed E-state index contributed by atoms with van der Waals surface area (Å²) in [5, 5.41) is 8.02. The minimum atomic E-state index is 0.300. The van der Waals surface area contributed by atoms with Crippen LogP contribution in [0.2, 0.25) is 0 Å². The molecule has 1 fully saturated rings. The van der Waals surface area contributed by atoms with Gasteiger partial charge in [0.25, 0.3) is 0 Å². The van der Waals surface area contributed by atoms with Crippen molar-refractivity contribution in [1.82, 2.24) is 15.1 Å². The molecule has 1 saturated carbocycles. The van der Waals surface area contributed by atoms with Crippen LogP contribution in [0.1, 0.15) is 18.5 Å². The van der Waals surface area contributed by atoms with Gasteiger partial charge >= 0.3 is 0 Å². The van der Waals surface area contributed by atoms with Gasteiger partial charge in [0.2, 0.25) is 6.79 Å². The van der Waals surface area contributed by atoms with E-state index in [1.54, 1.807) is 0 Å². The molecule has 0 saturated heterocycles. The van der Waals surface area contributed by atoms with E-state index in [0.717, 1.165) is 29.4 Å². The Morgan fingerprint density at radius 3 is 3.00 bits per heavy atom. The molecule has 0 spiro atoms. The summed E-state index contributed by atoms with van der Waals surface area (Å²) in [6.45, 7) is 1.14. The number of fused-ring (bicyclic) bond motifs is 1. The summed E-state index contributed by atoms with van der Waals surface area (Å²) in [5.74, 6) is 1.58. The summed E-state index contributed by atoms with van der Waals surface area (Å²) in [5.41, 5.74) is 2.05. The van der Waals surface area contributed by atoms with Crippen molar-refractivity contribution in [3.63, 3.8) is 0 Å². The predicted molar refractivity (Wildman–Crippen MR) is 69.5 cm³/mol. The second-order valence-corrected chi connectivity index (χ2v) is 4.94. The molecule has 4 rings (SSSR count). The van der Waals surface area contributed by atoms with Crippen LogP contribution < -0.4 is 14.8 Å². The zero-order chi connectivity index (χ0) is 12.7. The van der Waals surface area contributed by atoms with Gasteiger partial charge in [-0.05, 0) is 31.0 Å². The molecule has 1 aliphatic heterocycles. The topological polar surface area (TPSA) is 48.3 Å². The monoisotopic (exact) mass is 257 g/mol. The van der Waals surface area contributed by atoms with E-state index in [0.29, 0.717) is 12.8 Å². The van der Waals surface area contributed by atoms with Gasteiger partial charge in [0.05, 0.1) is 11.4 Å². The van der Waals surface area contributed by atoms with Crippen molar-refractivity contribution in [1.29, 1.82) is 0 Å². The van der Waals surface area contributed by atoms with E-state index in [9.17, 15) is 0 Å². The van der Waals surface area contributed by atoms with Crippen LogP contribution in [0.15, 0.2) is 30.5 Å². The third-order valence-electron chi connectivity index (χ3n) is 3.41. The van der Waals surface area contributed by atoms with Crippen LogP contribution in [0.25, 0.3) is 5.69 Å². The molecule has 5 heteroatoms. The molecule has 1 N–H and O–H groups in total. The molecule has 98 valence electrons. The first-order chi connectivity index (χ1) is 9.38. The average molecular weight is 257 g/mol. The third-order valence-corrected chi connectivity index (χ3v) is 3.41. The Hall–Kier alpha value is -2.01. The summed E-state index contributed by atoms with van der Waals surface area (Å²) >= 11 is 0. The zero-order valence-electron chi connectivity index (χ0n) is 10.5. The van der Waals surface area contributed by atoms with E-state index < -0.39 is 0 Å². The fourth-order valence-corrected chi connectivity index (χ4v) is 2.16. The van der Waals surface area contributed by atoms with Gasteiger partial charge in [-0.15, -0.1) is 0 Å². The van der Waals surface area contributed by atoms with Crippen molar-refractivity contribution in [2.75, 3.05) is 6.79 Å². The Balaban J connectivity index is 1.54. The molecule has 1 aromatic carbocycles. The lowest BCUT2D eigenvalue weighted by Crippen LogP contribution is -2.15. The van der Waals surface area contributed by atoms with Crippen molar-refractivity contribution in [2.45, 2.75) is 25.4 Å². The smallest absolute Gasteiger partial charge is 0.231 e. The highest BCUT2D eigenvalue weighted by Crippen LogP contribution is 2.33. The Morgan fingerprint density at radius 2 is 2.11 bits per heavy atom. The standard InChI is InChI=1S/C14H15N3O2/c1-2-10(1)15-8-11-5-6-17(16-11)12-3-4-13-14(7-12)19-9-18-13/h3-7,10,15H,1-2,8-9H2. The van der Waals surface area contributed by atoms with Crippen LogP contribution in [-0.4, -0.2) is 22.6 Å². The number of nitrogens with one attached hydrogen (secondary N) is 1. The Bertz CT molecular complexity index is 604. The maximum absolute atomic E-state index is 5.38. The van der Waals surface area contributed by atoms with Gasteiger partial charge in [0.1, 0.15) is 0 Å². The molecule has 2 heterocycles. The SMILES string of the molecule is c1cc2c(cc1-n1ccc(CNC3CC3)n1)OCO2. The van der Waals surface area contributed by atoms with Crippen molar-refractivity contribution in [3.05, 3.63) is 36.2 Å². The van der Waals surface area contributed by atoms with Gasteiger partial charge in [0, 0.05) is 24.8 Å². The second kappa shape index (κ2) is 4.28. The van der Waals surface area contributed by atoms with Gasteiger partial charge in [-0.3, -0.25) is 0 Å². The molecule has 0 atom stereocenters. The molecule has 5 nitrogen and oxygen atoms in total. The molecule has 19 heavy (non-hydrogen) atoms. The summed E-state index contributed by atoms with van der Waals surface area (Å²) in [6, 6.07) is 8.60. The zero-order valence-corrected chi connectivity index (χ0v) is 10.5. The highest BCUT2D eigenvalue weighted by Gasteiger charge is 2.20. The Morgan fingerprint density at radius 1 is 1.21 bits per heavy atom. The molecule has 0 radical (unpaired) electrons. The van der Waals surface area contributed by atoms with Gasteiger partial charge < -0.3 is 14.8 Å². The fraction of sp³-hybridized carbons (Fsp3) is 0.357. The number of rotatable bonds is 4. The van der Waals surface area contributed by atoms with Crippen molar-refractivity contribution in [3.8, 4) is 17.2 Å². The van der Waals surface area contributed by atoms with Gasteiger partial charge in [0.15, 0.2) is 11.5 Å². The second-order valence-electron chi connectivity index (χ2n) is 4.94. The number of benzene rings is 1. The minimum Gasteiger partial charge on any atom is -0.454 e. The maximum atomic E-state index is 5.38. The molecule has 2 aliphatic rings. The van der Waals surface area contributed by atoms with Crippen LogP contribution in [0, 0.1) is 0 Å². The highest BCUT2D eigenvalue weighted by atomic mass is 16.7. The molecule has 0 amide bonds. The van der Waals surface area contributed by atoms with Crippen LogP contribution in [0.5, 0.6) is 11.5 Å². The lowest BCUT2D eigenvalue weighted by atomic mass is 10.3. The first kappa shape index (κ1) is 10.9. The van der Waals surface area contributed by atoms with E-state index in [1.165, 1.54) is 12.8 Å². The Kier molecular flexibility index (Phi) is 2.45. The predicted octanol–water partition coefficient (Wildman–Crippen LogP) is 1.85. The summed E-state index contributed by atoms with van der Waals surface area (Å²) < 4.78 is 12.6. The van der Waals surface area contributed by atoms with Crippen molar-refractivity contribution in [2.24, 2.45) is 0 Å². The molecular weight excluding hydrogens is 242 g/mol. The largest absolute Gasteiger partial charge is 0.454 e. The lowest BCUT2D eigenvalue weighted by Gasteiger charge is -2.03. The maximum Gasteiger partial charge on any atom is 0.231 e. The number of hydrogen-bond donors (Lipinski definition) is 1. The molecule has 1 aliphatic carbocycles. The first-order valence-corrected chi connectivity index (χ1v) is 6.56. The van der Waals surface area contributed by atoms with Crippen LogP contribution in [0.3, 0.4) is 0 Å². The summed E-state index contributed by atoms with van der Waals surface area (Å²) in [7, 11) is 0. The molecule has 0 unspecified atom stereocenters. The molecule has 1 aromatic heterocycles. The number of hydrogen-bond acceptors (Lipinski definition) is 4. The summed E-state index contributed by atoms with van der Waals surface area (Å²) in [6.07, 6.45) is 4.56. The quantitative estimate of drug-likeness (QED) is 0.908. The molecule has 2 aromatic rings. The van der Waals surface area contributed by atoms with E-state index in [1.807, 2.05) is 35.1 Å². The van der Waals surface area contributed by atoms with Crippen molar-refractivity contribution < 1.29 is 9.47 Å². The number of ether oxygens (including phenoxy) is 2. The van der Waals surface area contributed by atoms with Crippen LogP contribution in [0.4, 0.5) is 0 Å². The van der Waals surface area contributed by atoms with E-state index in [-0.39, 0.29) is 0 Å². The van der Waals surface area contributed by atoms with Gasteiger partial charge in [-0.1, -0.05) is 0 Å². The lowest BCUT2D eigenvalue weighted by molar-refractivity contribution is 0.174. The fourth-order valence-electron chi connectivity index (χ4n) is 2.16. The third kappa shape index (κ3) is 2.17. The normalized spacial score (nSPS) is 16.8. The van der Waals surface area contributed by atoms with Crippen LogP contribution in [-0.2, 0) is 6.54 Å². The van der Waals surface area contributed by atoms with Gasteiger partial charge in [-0.2, -0.15) is 5.10 Å². The van der Waals surface area contributed by atoms with E-state index >= 15 is 0 Å². The van der Waals surface area contributed by atoms with Crippen LogP contribution >= 0.6 is 0 Å². The van der Waals surface area contributed by atoms with Gasteiger partial charge in [-0.25, -0.2) is 4.68 Å². The van der Waals surface area contributed by atoms with E-state index in [2.05, 4.69) is 10.4 Å². The van der Waals surface area contributed by atoms with E-state index in [4.69, 9.17) is 9.47 Å².